The molecule has 15 nitrogen and oxygen atoms in total. The summed E-state index contributed by atoms with van der Waals surface area (Å²) < 4.78 is 27.3. The van der Waals surface area contributed by atoms with Gasteiger partial charge in [0.1, 0.15) is 83.3 Å². The van der Waals surface area contributed by atoms with E-state index >= 15 is 0 Å². The molecule has 3 heterocycles. The Morgan fingerprint density at radius 3 is 1.74 bits per heavy atom. The predicted octanol–water partition coefficient (Wildman–Crippen LogP) is -2.48. The van der Waals surface area contributed by atoms with Crippen molar-refractivity contribution in [2.75, 3.05) is 13.2 Å². The molecule has 0 amide bonds. The fourth-order valence-electron chi connectivity index (χ4n) is 4.79. The van der Waals surface area contributed by atoms with Crippen molar-refractivity contribution in [3.63, 3.8) is 0 Å². The van der Waals surface area contributed by atoms with E-state index in [2.05, 4.69) is 0 Å². The summed E-state index contributed by atoms with van der Waals surface area (Å²) in [6.07, 6.45) is -13.8. The van der Waals surface area contributed by atoms with Crippen LogP contribution in [-0.2, 0) is 9.47 Å². The molecule has 0 aliphatic carbocycles. The number of fused-ring (bicyclic) bond motifs is 1. The van der Waals surface area contributed by atoms with Crippen molar-refractivity contribution in [3.8, 4) is 28.4 Å². The smallest absolute Gasteiger partial charge is 0.229 e. The summed E-state index contributed by atoms with van der Waals surface area (Å²) in [6, 6.07) is 8.19. The van der Waals surface area contributed by atoms with E-state index in [1.807, 2.05) is 0 Å². The molecule has 5 rings (SSSR count). The van der Waals surface area contributed by atoms with Gasteiger partial charge in [-0.25, -0.2) is 0 Å². The van der Waals surface area contributed by atoms with Crippen LogP contribution in [0.15, 0.2) is 51.9 Å². The lowest BCUT2D eigenvalue weighted by Gasteiger charge is -2.39. The van der Waals surface area contributed by atoms with Crippen LogP contribution in [0.1, 0.15) is 0 Å². The van der Waals surface area contributed by atoms with Crippen LogP contribution in [0.5, 0.6) is 17.2 Å². The SMILES string of the molecule is O=c1c(-c2ccc(OC3O[C@H](CO)[C@@H](O)[C@H](O)[C@H]3O)cc2)coc2cc(OC3O[C@H](CO)[C@@H](O)[C@H](O)[C@H]3O)cc(O)c12. The second-order valence-electron chi connectivity index (χ2n) is 9.95. The zero-order valence-electron chi connectivity index (χ0n) is 21.7. The molecule has 15 heteroatoms. The highest BCUT2D eigenvalue weighted by Crippen LogP contribution is 2.33. The number of hydrogen-bond acceptors (Lipinski definition) is 15. The van der Waals surface area contributed by atoms with Gasteiger partial charge in [-0.3, -0.25) is 4.79 Å². The van der Waals surface area contributed by atoms with Gasteiger partial charge in [0.2, 0.25) is 18.0 Å². The third-order valence-corrected chi connectivity index (χ3v) is 7.20. The molecule has 2 fully saturated rings. The van der Waals surface area contributed by atoms with Gasteiger partial charge in [0.15, 0.2) is 0 Å². The monoisotopic (exact) mass is 594 g/mol. The average Bonchev–Trinajstić information content (AvgIpc) is 2.98. The Bertz CT molecular complexity index is 1440. The normalized spacial score (nSPS) is 33.4. The number of aliphatic hydroxyl groups is 8. The molecular weight excluding hydrogens is 564 g/mol. The molecule has 9 N–H and O–H groups in total. The molecule has 2 aliphatic heterocycles. The molecule has 42 heavy (non-hydrogen) atoms. The lowest BCUT2D eigenvalue weighted by Crippen LogP contribution is -2.60. The standard InChI is InChI=1S/C27H30O15/c28-7-16-20(32)22(34)24(36)26(41-16)39-11-3-1-10(2-4-11)13-9-38-15-6-12(5-14(30)18(15)19(13)31)40-27-25(37)23(35)21(33)17(8-29)42-27/h1-6,9,16-17,20-30,32-37H,7-8H2/t16-,17-,20-,21-,22+,23+,24-,25-,26?,27?/m1/s1. The highest BCUT2D eigenvalue weighted by molar-refractivity contribution is 5.88. The van der Waals surface area contributed by atoms with Crippen LogP contribution in [0.2, 0.25) is 0 Å². The molecule has 1 aromatic heterocycles. The Kier molecular flexibility index (Phi) is 8.68. The maximum Gasteiger partial charge on any atom is 0.229 e. The molecule has 0 spiro atoms. The summed E-state index contributed by atoms with van der Waals surface area (Å²) in [5.41, 5.74) is -0.241. The Labute approximate surface area is 236 Å². The molecule has 0 bridgehead atoms. The minimum Gasteiger partial charge on any atom is -0.507 e. The third kappa shape index (κ3) is 5.55. The first-order chi connectivity index (χ1) is 20.0. The number of phenols is 1. The van der Waals surface area contributed by atoms with Gasteiger partial charge in [-0.05, 0) is 17.7 Å². The Morgan fingerprint density at radius 1 is 0.690 bits per heavy atom. The van der Waals surface area contributed by atoms with Crippen molar-refractivity contribution in [1.29, 1.82) is 0 Å². The third-order valence-electron chi connectivity index (χ3n) is 7.20. The first kappa shape index (κ1) is 30.1. The van der Waals surface area contributed by atoms with Crippen molar-refractivity contribution in [2.24, 2.45) is 0 Å². The summed E-state index contributed by atoms with van der Waals surface area (Å²) in [5.74, 6) is -0.453. The Hall–Kier alpha value is -3.35. The van der Waals surface area contributed by atoms with Crippen LogP contribution < -0.4 is 14.9 Å². The van der Waals surface area contributed by atoms with Crippen molar-refractivity contribution < 1.29 is 69.3 Å². The molecule has 0 radical (unpaired) electrons. The van der Waals surface area contributed by atoms with E-state index in [9.17, 15) is 50.8 Å². The Balaban J connectivity index is 1.35. The van der Waals surface area contributed by atoms with Crippen LogP contribution in [0.4, 0.5) is 0 Å². The van der Waals surface area contributed by atoms with E-state index in [0.717, 1.165) is 12.3 Å². The summed E-state index contributed by atoms with van der Waals surface area (Å²) in [6.45, 7) is -1.28. The van der Waals surface area contributed by atoms with Crippen molar-refractivity contribution in [3.05, 3.63) is 52.9 Å². The minimum atomic E-state index is -1.69. The van der Waals surface area contributed by atoms with E-state index < -0.39 is 85.8 Å². The van der Waals surface area contributed by atoms with E-state index in [1.54, 1.807) is 0 Å². The van der Waals surface area contributed by atoms with Crippen molar-refractivity contribution >= 4 is 11.0 Å². The van der Waals surface area contributed by atoms with Gasteiger partial charge in [-0.2, -0.15) is 0 Å². The van der Waals surface area contributed by atoms with E-state index in [1.165, 1.54) is 30.3 Å². The summed E-state index contributed by atoms with van der Waals surface area (Å²) in [7, 11) is 0. The average molecular weight is 595 g/mol. The Morgan fingerprint density at radius 2 is 1.21 bits per heavy atom. The fourth-order valence-corrected chi connectivity index (χ4v) is 4.79. The second kappa shape index (κ2) is 12.1. The lowest BCUT2D eigenvalue weighted by atomic mass is 9.99. The highest BCUT2D eigenvalue weighted by atomic mass is 16.7. The van der Waals surface area contributed by atoms with Crippen LogP contribution in [0.25, 0.3) is 22.1 Å². The number of ether oxygens (including phenoxy) is 4. The first-order valence-corrected chi connectivity index (χ1v) is 12.9. The number of hydrogen-bond donors (Lipinski definition) is 9. The van der Waals surface area contributed by atoms with E-state index in [0.29, 0.717) is 5.56 Å². The van der Waals surface area contributed by atoms with Gasteiger partial charge in [0.05, 0.1) is 18.8 Å². The number of aromatic hydroxyl groups is 1. The molecule has 0 saturated carbocycles. The molecule has 10 atom stereocenters. The maximum absolute atomic E-state index is 13.3. The van der Waals surface area contributed by atoms with Crippen molar-refractivity contribution in [2.45, 2.75) is 61.4 Å². The van der Waals surface area contributed by atoms with E-state index in [-0.39, 0.29) is 28.0 Å². The molecule has 3 aromatic rings. The van der Waals surface area contributed by atoms with Gasteiger partial charge in [0.25, 0.3) is 0 Å². The zero-order chi connectivity index (χ0) is 30.3. The maximum atomic E-state index is 13.3. The molecular formula is C27H30O15. The second-order valence-corrected chi connectivity index (χ2v) is 9.95. The number of aliphatic hydroxyl groups excluding tert-OH is 8. The van der Waals surface area contributed by atoms with E-state index in [4.69, 9.17) is 23.4 Å². The zero-order valence-corrected chi connectivity index (χ0v) is 21.7. The molecule has 2 unspecified atom stereocenters. The van der Waals surface area contributed by atoms with Gasteiger partial charge in [0, 0.05) is 12.1 Å². The van der Waals surface area contributed by atoms with Gasteiger partial charge in [-0.15, -0.1) is 0 Å². The molecule has 2 aromatic carbocycles. The first-order valence-electron chi connectivity index (χ1n) is 12.9. The molecule has 228 valence electrons. The van der Waals surface area contributed by atoms with Crippen LogP contribution >= 0.6 is 0 Å². The fraction of sp³-hybridized carbons (Fsp3) is 0.444. The highest BCUT2D eigenvalue weighted by Gasteiger charge is 2.45. The minimum absolute atomic E-state index is 0.0693. The van der Waals surface area contributed by atoms with Gasteiger partial charge >= 0.3 is 0 Å². The number of rotatable bonds is 7. The molecule has 2 aliphatic rings. The number of benzene rings is 2. The quantitative estimate of drug-likeness (QED) is 0.137. The van der Waals surface area contributed by atoms with Gasteiger partial charge < -0.3 is 69.3 Å². The lowest BCUT2D eigenvalue weighted by molar-refractivity contribution is -0.277. The molecule has 2 saturated heterocycles. The van der Waals surface area contributed by atoms with Crippen LogP contribution in [0.3, 0.4) is 0 Å². The summed E-state index contributed by atoms with van der Waals surface area (Å²) >= 11 is 0. The summed E-state index contributed by atoms with van der Waals surface area (Å²) in [5, 5.41) is 89.2. The largest absolute Gasteiger partial charge is 0.507 e. The predicted molar refractivity (Wildman–Crippen MR) is 138 cm³/mol. The van der Waals surface area contributed by atoms with Gasteiger partial charge in [-0.1, -0.05) is 12.1 Å². The van der Waals surface area contributed by atoms with Crippen molar-refractivity contribution in [1.82, 2.24) is 0 Å². The topological polar surface area (TPSA) is 249 Å². The summed E-state index contributed by atoms with van der Waals surface area (Å²) in [4.78, 5) is 13.3. The van der Waals surface area contributed by atoms with Crippen LogP contribution in [0, 0.1) is 0 Å². The van der Waals surface area contributed by atoms with Crippen LogP contribution in [-0.4, -0.2) is 121 Å². The number of phenolic OH excluding ortho intramolecular Hbond substituents is 1.